The summed E-state index contributed by atoms with van der Waals surface area (Å²) in [6, 6.07) is 12.0. The van der Waals surface area contributed by atoms with Gasteiger partial charge >= 0.3 is 12.4 Å². The molecule has 0 N–H and O–H groups in total. The second-order valence-corrected chi connectivity index (χ2v) is 6.74. The maximum Gasteiger partial charge on any atom is 0.443 e. The van der Waals surface area contributed by atoms with Gasteiger partial charge in [0.15, 0.2) is 0 Å². The van der Waals surface area contributed by atoms with Crippen molar-refractivity contribution in [2.45, 2.75) is 43.6 Å². The fraction of sp³-hybridized carbons (Fsp3) is 0.350. The molecule has 3 rings (SSSR count). The van der Waals surface area contributed by atoms with Crippen LogP contribution in [0, 0.1) is 0 Å². The Morgan fingerprint density at radius 3 is 1.69 bits per heavy atom. The van der Waals surface area contributed by atoms with E-state index in [1.165, 1.54) is 50.2 Å². The molecular formula is C20H17F6NO2. The quantitative estimate of drug-likeness (QED) is 0.599. The van der Waals surface area contributed by atoms with Crippen molar-refractivity contribution < 1.29 is 35.8 Å². The van der Waals surface area contributed by atoms with Crippen molar-refractivity contribution in [3.8, 4) is 0 Å². The highest BCUT2D eigenvalue weighted by Crippen LogP contribution is 2.58. The van der Waals surface area contributed by atoms with E-state index in [9.17, 15) is 26.3 Å². The highest BCUT2D eigenvalue weighted by molar-refractivity contribution is 5.90. The summed E-state index contributed by atoms with van der Waals surface area (Å²) in [5.41, 5.74) is -8.25. The molecule has 1 aliphatic rings. The summed E-state index contributed by atoms with van der Waals surface area (Å²) in [6.45, 7) is 2.79. The minimum atomic E-state index is -5.29. The van der Waals surface area contributed by atoms with E-state index >= 15 is 0 Å². The van der Waals surface area contributed by atoms with Gasteiger partial charge in [0, 0.05) is 11.1 Å². The molecule has 29 heavy (non-hydrogen) atoms. The van der Waals surface area contributed by atoms with Crippen LogP contribution >= 0.6 is 0 Å². The van der Waals surface area contributed by atoms with Crippen LogP contribution in [0.2, 0.25) is 0 Å². The molecule has 0 bridgehead atoms. The lowest BCUT2D eigenvalue weighted by molar-refractivity contribution is -0.344. The molecule has 1 unspecified atom stereocenters. The Morgan fingerprint density at radius 1 is 0.793 bits per heavy atom. The number of halogens is 6. The smallest absolute Gasteiger partial charge is 0.443 e. The van der Waals surface area contributed by atoms with Gasteiger partial charge in [0.25, 0.3) is 11.3 Å². The Morgan fingerprint density at radius 2 is 1.28 bits per heavy atom. The Hall–Kier alpha value is -2.55. The Bertz CT molecular complexity index is 879. The number of rotatable bonds is 3. The van der Waals surface area contributed by atoms with Gasteiger partial charge in [-0.05, 0) is 13.8 Å². The second-order valence-electron chi connectivity index (χ2n) is 6.74. The van der Waals surface area contributed by atoms with Crippen molar-refractivity contribution in [3.63, 3.8) is 0 Å². The van der Waals surface area contributed by atoms with Gasteiger partial charge in [-0.1, -0.05) is 60.7 Å². The van der Waals surface area contributed by atoms with Gasteiger partial charge in [0.05, 0.1) is 6.10 Å². The van der Waals surface area contributed by atoms with Gasteiger partial charge < -0.3 is 9.47 Å². The summed E-state index contributed by atoms with van der Waals surface area (Å²) < 4.78 is 96.0. The monoisotopic (exact) mass is 417 g/mol. The SMILES string of the molecule is CC(C)OC1=NC(c2ccccc2)(C(F)(F)F)O[C@@]1(c1ccccc1)C(F)(F)F. The predicted molar refractivity (Wildman–Crippen MR) is 93.1 cm³/mol. The van der Waals surface area contributed by atoms with E-state index in [2.05, 4.69) is 4.99 Å². The van der Waals surface area contributed by atoms with E-state index in [0.717, 1.165) is 24.3 Å². The topological polar surface area (TPSA) is 30.8 Å². The summed E-state index contributed by atoms with van der Waals surface area (Å²) in [4.78, 5) is 3.42. The molecule has 156 valence electrons. The van der Waals surface area contributed by atoms with Gasteiger partial charge in [0.1, 0.15) is 0 Å². The normalized spacial score (nSPS) is 25.2. The molecule has 2 atom stereocenters. The summed E-state index contributed by atoms with van der Waals surface area (Å²) in [6.07, 6.45) is -11.5. The van der Waals surface area contributed by atoms with Crippen molar-refractivity contribution in [2.24, 2.45) is 4.99 Å². The highest BCUT2D eigenvalue weighted by Gasteiger charge is 2.75. The largest absolute Gasteiger partial charge is 0.476 e. The van der Waals surface area contributed by atoms with Crippen LogP contribution in [0.1, 0.15) is 25.0 Å². The maximum absolute atomic E-state index is 14.4. The lowest BCUT2D eigenvalue weighted by Gasteiger charge is -2.37. The third-order valence-electron chi connectivity index (χ3n) is 4.34. The first-order valence-electron chi connectivity index (χ1n) is 8.66. The summed E-state index contributed by atoms with van der Waals surface area (Å²) in [7, 11) is 0. The zero-order chi connectivity index (χ0) is 21.5. The fourth-order valence-electron chi connectivity index (χ4n) is 3.11. The van der Waals surface area contributed by atoms with Crippen LogP contribution in [0.25, 0.3) is 0 Å². The maximum atomic E-state index is 14.4. The number of nitrogens with zero attached hydrogens (tertiary/aromatic N) is 1. The van der Waals surface area contributed by atoms with Crippen LogP contribution in [0.5, 0.6) is 0 Å². The Kier molecular flexibility index (Phi) is 5.15. The second kappa shape index (κ2) is 7.05. The first kappa shape index (κ1) is 21.2. The lowest BCUT2D eigenvalue weighted by Crippen LogP contribution is -2.53. The number of benzene rings is 2. The van der Waals surface area contributed by atoms with Crippen molar-refractivity contribution in [1.82, 2.24) is 0 Å². The predicted octanol–water partition coefficient (Wildman–Crippen LogP) is 5.71. The van der Waals surface area contributed by atoms with Gasteiger partial charge in [-0.3, -0.25) is 0 Å². The average Bonchev–Trinajstić information content (AvgIpc) is 3.00. The van der Waals surface area contributed by atoms with Crippen molar-refractivity contribution >= 4 is 5.90 Å². The molecule has 1 aliphatic heterocycles. The molecule has 3 nitrogen and oxygen atoms in total. The van der Waals surface area contributed by atoms with E-state index in [-0.39, 0.29) is 0 Å². The Labute approximate surface area is 163 Å². The van der Waals surface area contributed by atoms with Gasteiger partial charge in [-0.2, -0.15) is 26.3 Å². The molecule has 0 saturated heterocycles. The molecule has 0 aliphatic carbocycles. The molecule has 9 heteroatoms. The molecule has 0 spiro atoms. The van der Waals surface area contributed by atoms with E-state index in [4.69, 9.17) is 9.47 Å². The molecule has 0 amide bonds. The first-order valence-corrected chi connectivity index (χ1v) is 8.66. The first-order chi connectivity index (χ1) is 13.4. The molecule has 0 fully saturated rings. The highest BCUT2D eigenvalue weighted by atomic mass is 19.4. The summed E-state index contributed by atoms with van der Waals surface area (Å²) in [5.74, 6) is -1.19. The zero-order valence-electron chi connectivity index (χ0n) is 15.4. The van der Waals surface area contributed by atoms with E-state index in [1.807, 2.05) is 0 Å². The standard InChI is InChI=1S/C20H17F6NO2/c1-13(2)28-16-17(19(21,22)23,14-9-5-3-6-10-14)29-18(27-16,20(24,25)26)15-11-7-4-8-12-15/h3-13H,1-2H3/t17-,18?/m1/s1. The molecular weight excluding hydrogens is 400 g/mol. The van der Waals surface area contributed by atoms with Crippen molar-refractivity contribution in [3.05, 3.63) is 71.8 Å². The molecule has 2 aromatic carbocycles. The number of alkyl halides is 6. The summed E-state index contributed by atoms with van der Waals surface area (Å²) in [5, 5.41) is 0. The van der Waals surface area contributed by atoms with Crippen LogP contribution in [0.15, 0.2) is 65.7 Å². The minimum Gasteiger partial charge on any atom is -0.476 e. The van der Waals surface area contributed by atoms with E-state index in [0.29, 0.717) is 0 Å². The number of aliphatic imine (C=N–C) groups is 1. The Balaban J connectivity index is 2.35. The van der Waals surface area contributed by atoms with E-state index < -0.39 is 46.8 Å². The van der Waals surface area contributed by atoms with Crippen molar-refractivity contribution in [2.75, 3.05) is 0 Å². The van der Waals surface area contributed by atoms with Crippen LogP contribution in [-0.2, 0) is 20.8 Å². The fourth-order valence-corrected chi connectivity index (χ4v) is 3.11. The lowest BCUT2D eigenvalue weighted by atomic mass is 9.92. The number of hydrogen-bond acceptors (Lipinski definition) is 3. The molecule has 0 aromatic heterocycles. The third kappa shape index (κ3) is 3.37. The molecule has 1 heterocycles. The molecule has 0 saturated carbocycles. The van der Waals surface area contributed by atoms with Gasteiger partial charge in [0.2, 0.25) is 5.90 Å². The van der Waals surface area contributed by atoms with Crippen LogP contribution in [0.4, 0.5) is 26.3 Å². The molecule has 0 radical (unpaired) electrons. The number of hydrogen-bond donors (Lipinski definition) is 0. The van der Waals surface area contributed by atoms with Gasteiger partial charge in [-0.15, -0.1) is 0 Å². The van der Waals surface area contributed by atoms with E-state index in [1.54, 1.807) is 0 Å². The minimum absolute atomic E-state index is 0.561. The van der Waals surface area contributed by atoms with Crippen LogP contribution in [0.3, 0.4) is 0 Å². The third-order valence-corrected chi connectivity index (χ3v) is 4.34. The molecule has 2 aromatic rings. The van der Waals surface area contributed by atoms with Crippen molar-refractivity contribution in [1.29, 1.82) is 0 Å². The average molecular weight is 417 g/mol. The van der Waals surface area contributed by atoms with Crippen LogP contribution < -0.4 is 0 Å². The zero-order valence-corrected chi connectivity index (χ0v) is 15.4. The van der Waals surface area contributed by atoms with Gasteiger partial charge in [-0.25, -0.2) is 4.99 Å². The summed E-state index contributed by atoms with van der Waals surface area (Å²) >= 11 is 0. The van der Waals surface area contributed by atoms with Crippen LogP contribution in [-0.4, -0.2) is 24.4 Å². The number of ether oxygens (including phenoxy) is 2.